The Labute approximate surface area is 150 Å². The topological polar surface area (TPSA) is 85.9 Å². The minimum Gasteiger partial charge on any atom is -0.476 e. The minimum absolute atomic E-state index is 0.0565. The molecule has 2 rings (SSSR count). The zero-order valence-corrected chi connectivity index (χ0v) is 14.1. The van der Waals surface area contributed by atoms with Gasteiger partial charge in [-0.25, -0.2) is 0 Å². The number of hydrogen-bond acceptors (Lipinski definition) is 4. The third-order valence-corrected chi connectivity index (χ3v) is 3.50. The number of rotatable bonds is 5. The Morgan fingerprint density at radius 1 is 1.20 bits per heavy atom. The molecule has 0 aliphatic rings. The van der Waals surface area contributed by atoms with Gasteiger partial charge in [0.05, 0.1) is 10.7 Å². The standard InChI is InChI=1S/C19H14ClN3O2/c1-13(11-21)25-16-8-6-14(7-9-16)10-15(12-22)19(24)23-18-5-3-2-4-17(18)20/h2-10,13H,1H3,(H,23,24)/b15-10-/t13-/m0/s1. The molecule has 0 bridgehead atoms. The maximum absolute atomic E-state index is 12.2. The van der Waals surface area contributed by atoms with E-state index >= 15 is 0 Å². The van der Waals surface area contributed by atoms with Crippen LogP contribution >= 0.6 is 11.6 Å². The lowest BCUT2D eigenvalue weighted by molar-refractivity contribution is -0.112. The Hall–Kier alpha value is -3.28. The van der Waals surface area contributed by atoms with Crippen molar-refractivity contribution in [2.75, 3.05) is 5.32 Å². The summed E-state index contributed by atoms with van der Waals surface area (Å²) in [6, 6.07) is 17.3. The third kappa shape index (κ3) is 5.10. The normalized spacial score (nSPS) is 11.8. The van der Waals surface area contributed by atoms with E-state index in [0.29, 0.717) is 22.0 Å². The highest BCUT2D eigenvalue weighted by Crippen LogP contribution is 2.21. The van der Waals surface area contributed by atoms with Gasteiger partial charge < -0.3 is 10.1 Å². The number of para-hydroxylation sites is 1. The van der Waals surface area contributed by atoms with Gasteiger partial charge in [0.2, 0.25) is 0 Å². The van der Waals surface area contributed by atoms with Crippen LogP contribution in [0.25, 0.3) is 6.08 Å². The van der Waals surface area contributed by atoms with Gasteiger partial charge in [-0.3, -0.25) is 4.79 Å². The average Bonchev–Trinajstić information content (AvgIpc) is 2.62. The zero-order valence-electron chi connectivity index (χ0n) is 13.4. The van der Waals surface area contributed by atoms with Crippen LogP contribution in [0.3, 0.4) is 0 Å². The van der Waals surface area contributed by atoms with Gasteiger partial charge in [-0.1, -0.05) is 35.9 Å². The predicted molar refractivity (Wildman–Crippen MR) is 95.8 cm³/mol. The molecule has 0 saturated heterocycles. The van der Waals surface area contributed by atoms with Crippen molar-refractivity contribution >= 4 is 29.3 Å². The summed E-state index contributed by atoms with van der Waals surface area (Å²) in [4.78, 5) is 12.2. The van der Waals surface area contributed by atoms with Gasteiger partial charge in [0, 0.05) is 0 Å². The summed E-state index contributed by atoms with van der Waals surface area (Å²) in [5.41, 5.74) is 1.03. The highest BCUT2D eigenvalue weighted by atomic mass is 35.5. The van der Waals surface area contributed by atoms with Gasteiger partial charge >= 0.3 is 0 Å². The summed E-state index contributed by atoms with van der Waals surface area (Å²) in [5, 5.41) is 21.0. The second-order valence-electron chi connectivity index (χ2n) is 5.06. The van der Waals surface area contributed by atoms with Crippen molar-refractivity contribution in [1.82, 2.24) is 0 Å². The molecule has 1 atom stereocenters. The van der Waals surface area contributed by atoms with Crippen molar-refractivity contribution in [1.29, 1.82) is 10.5 Å². The van der Waals surface area contributed by atoms with Crippen LogP contribution in [0.2, 0.25) is 5.02 Å². The first-order valence-electron chi connectivity index (χ1n) is 7.37. The van der Waals surface area contributed by atoms with Crippen molar-refractivity contribution in [3.63, 3.8) is 0 Å². The molecule has 1 N–H and O–H groups in total. The predicted octanol–water partition coefficient (Wildman–Crippen LogP) is 4.18. The van der Waals surface area contributed by atoms with Crippen LogP contribution in [-0.2, 0) is 4.79 Å². The molecule has 124 valence electrons. The van der Waals surface area contributed by atoms with Gasteiger partial charge in [-0.05, 0) is 42.8 Å². The van der Waals surface area contributed by atoms with Crippen LogP contribution < -0.4 is 10.1 Å². The summed E-state index contributed by atoms with van der Waals surface area (Å²) in [6.07, 6.45) is 0.904. The van der Waals surface area contributed by atoms with Crippen LogP contribution in [0.15, 0.2) is 54.1 Å². The SMILES string of the molecule is C[C@@H](C#N)Oc1ccc(/C=C(/C#N)C(=O)Nc2ccccc2Cl)cc1. The van der Waals surface area contributed by atoms with Gasteiger partial charge in [0.25, 0.3) is 5.91 Å². The summed E-state index contributed by atoms with van der Waals surface area (Å²) >= 11 is 5.99. The Bertz CT molecular complexity index is 877. The van der Waals surface area contributed by atoms with E-state index in [2.05, 4.69) is 5.32 Å². The molecule has 25 heavy (non-hydrogen) atoms. The fraction of sp³-hybridized carbons (Fsp3) is 0.105. The molecule has 0 aliphatic carbocycles. The maximum atomic E-state index is 12.2. The van der Waals surface area contributed by atoms with Crippen molar-refractivity contribution < 1.29 is 9.53 Å². The van der Waals surface area contributed by atoms with Crippen molar-refractivity contribution in [3.8, 4) is 17.9 Å². The Morgan fingerprint density at radius 2 is 1.88 bits per heavy atom. The fourth-order valence-electron chi connectivity index (χ4n) is 1.94. The second kappa shape index (κ2) is 8.54. The minimum atomic E-state index is -0.558. The van der Waals surface area contributed by atoms with E-state index in [1.54, 1.807) is 55.5 Å². The number of hydrogen-bond donors (Lipinski definition) is 1. The maximum Gasteiger partial charge on any atom is 0.266 e. The van der Waals surface area contributed by atoms with Gasteiger partial charge in [-0.15, -0.1) is 0 Å². The van der Waals surface area contributed by atoms with Gasteiger partial charge in [-0.2, -0.15) is 10.5 Å². The summed E-state index contributed by atoms with van der Waals surface area (Å²) in [7, 11) is 0. The molecular weight excluding hydrogens is 338 g/mol. The Kier molecular flexibility index (Phi) is 6.17. The summed E-state index contributed by atoms with van der Waals surface area (Å²) in [5.74, 6) is -0.0146. The first-order valence-corrected chi connectivity index (χ1v) is 7.75. The number of ether oxygens (including phenoxy) is 1. The number of nitrogens with one attached hydrogen (secondary N) is 1. The second-order valence-corrected chi connectivity index (χ2v) is 5.47. The molecule has 0 unspecified atom stereocenters. The molecule has 2 aromatic carbocycles. The van der Waals surface area contributed by atoms with E-state index in [-0.39, 0.29) is 5.57 Å². The molecule has 1 amide bonds. The van der Waals surface area contributed by atoms with E-state index in [9.17, 15) is 10.1 Å². The Morgan fingerprint density at radius 3 is 2.48 bits per heavy atom. The number of carbonyl (C=O) groups is 1. The van der Waals surface area contributed by atoms with Crippen LogP contribution in [0.1, 0.15) is 12.5 Å². The van der Waals surface area contributed by atoms with Crippen molar-refractivity contribution in [2.24, 2.45) is 0 Å². The lowest BCUT2D eigenvalue weighted by atomic mass is 10.1. The van der Waals surface area contributed by atoms with Crippen LogP contribution in [0, 0.1) is 22.7 Å². The average molecular weight is 352 g/mol. The van der Waals surface area contributed by atoms with Crippen LogP contribution in [-0.4, -0.2) is 12.0 Å². The van der Waals surface area contributed by atoms with E-state index in [1.165, 1.54) is 6.08 Å². The largest absolute Gasteiger partial charge is 0.476 e. The fourth-order valence-corrected chi connectivity index (χ4v) is 2.12. The lowest BCUT2D eigenvalue weighted by Crippen LogP contribution is -2.13. The summed E-state index contributed by atoms with van der Waals surface area (Å²) < 4.78 is 5.35. The number of benzene rings is 2. The molecule has 2 aromatic rings. The molecular formula is C19H14ClN3O2. The van der Waals surface area contributed by atoms with E-state index in [4.69, 9.17) is 21.6 Å². The number of carbonyl (C=O) groups excluding carboxylic acids is 1. The van der Waals surface area contributed by atoms with Crippen molar-refractivity contribution in [2.45, 2.75) is 13.0 Å². The first kappa shape index (κ1) is 18.1. The number of nitriles is 2. The molecule has 0 saturated carbocycles. The van der Waals surface area contributed by atoms with Gasteiger partial charge in [0.1, 0.15) is 23.5 Å². The van der Waals surface area contributed by atoms with Crippen molar-refractivity contribution in [3.05, 3.63) is 64.7 Å². The molecule has 0 spiro atoms. The van der Waals surface area contributed by atoms with Crippen LogP contribution in [0.4, 0.5) is 5.69 Å². The number of halogens is 1. The number of anilines is 1. The quantitative estimate of drug-likeness (QED) is 0.646. The smallest absolute Gasteiger partial charge is 0.266 e. The van der Waals surface area contributed by atoms with Crippen LogP contribution in [0.5, 0.6) is 5.75 Å². The molecule has 0 aromatic heterocycles. The van der Waals surface area contributed by atoms with Gasteiger partial charge in [0.15, 0.2) is 6.10 Å². The van der Waals surface area contributed by atoms with E-state index < -0.39 is 12.0 Å². The first-order chi connectivity index (χ1) is 12.0. The monoisotopic (exact) mass is 351 g/mol. The zero-order chi connectivity index (χ0) is 18.2. The third-order valence-electron chi connectivity index (χ3n) is 3.17. The molecule has 0 aliphatic heterocycles. The molecule has 0 radical (unpaired) electrons. The highest BCUT2D eigenvalue weighted by Gasteiger charge is 2.11. The Balaban J connectivity index is 2.14. The van der Waals surface area contributed by atoms with E-state index in [0.717, 1.165) is 0 Å². The highest BCUT2D eigenvalue weighted by molar-refractivity contribution is 6.34. The summed E-state index contributed by atoms with van der Waals surface area (Å²) in [6.45, 7) is 1.64. The van der Waals surface area contributed by atoms with E-state index in [1.807, 2.05) is 12.1 Å². The molecule has 6 heteroatoms. The lowest BCUT2D eigenvalue weighted by Gasteiger charge is -2.08. The number of nitrogens with zero attached hydrogens (tertiary/aromatic N) is 2. The molecule has 0 fully saturated rings. The number of amides is 1. The molecule has 0 heterocycles. The molecule has 5 nitrogen and oxygen atoms in total.